The number of hydrazine groups is 1. The number of aryl methyl sites for hydroxylation is 3. The summed E-state index contributed by atoms with van der Waals surface area (Å²) >= 11 is 0. The Kier molecular flexibility index (Phi) is 6.09. The average molecular weight is 446 g/mol. The Balaban J connectivity index is 1.50. The normalized spacial score (nSPS) is 18.0. The van der Waals surface area contributed by atoms with Crippen molar-refractivity contribution in [3.05, 3.63) is 71.0 Å². The van der Waals surface area contributed by atoms with E-state index < -0.39 is 23.4 Å². The van der Waals surface area contributed by atoms with Crippen LogP contribution in [-0.2, 0) is 24.1 Å². The van der Waals surface area contributed by atoms with Crippen molar-refractivity contribution in [3.8, 4) is 0 Å². The molecule has 4 rings (SSSR count). The second-order valence-electron chi connectivity index (χ2n) is 8.36. The minimum Gasteiger partial charge on any atom is -0.322 e. The summed E-state index contributed by atoms with van der Waals surface area (Å²) in [4.78, 5) is 47.6. The fourth-order valence-corrected chi connectivity index (χ4v) is 4.00. The molecule has 170 valence electrons. The second kappa shape index (κ2) is 8.97. The first kappa shape index (κ1) is 22.4. The number of benzene rings is 2. The molecule has 33 heavy (non-hydrogen) atoms. The predicted molar refractivity (Wildman–Crippen MR) is 124 cm³/mol. The van der Waals surface area contributed by atoms with Crippen molar-refractivity contribution in [1.82, 2.24) is 25.7 Å². The Labute approximate surface area is 192 Å². The van der Waals surface area contributed by atoms with Gasteiger partial charge < -0.3 is 5.32 Å². The first-order valence-corrected chi connectivity index (χ1v) is 11.2. The Bertz CT molecular complexity index is 1230. The number of urea groups is 1. The van der Waals surface area contributed by atoms with Gasteiger partial charge in [-0.3, -0.25) is 15.0 Å². The summed E-state index contributed by atoms with van der Waals surface area (Å²) in [6.45, 7) is 5.71. The molecule has 1 fully saturated rings. The van der Waals surface area contributed by atoms with Gasteiger partial charge in [0, 0.05) is 5.56 Å². The van der Waals surface area contributed by atoms with Crippen molar-refractivity contribution in [1.29, 1.82) is 0 Å². The molecule has 2 heterocycles. The van der Waals surface area contributed by atoms with Crippen LogP contribution in [0.2, 0.25) is 0 Å². The number of rotatable bonds is 7. The summed E-state index contributed by atoms with van der Waals surface area (Å²) in [6, 6.07) is 14.1. The number of nitrogens with one attached hydrogen (secondary N) is 2. The minimum atomic E-state index is -1.10. The largest absolute Gasteiger partial charge is 0.344 e. The zero-order valence-electron chi connectivity index (χ0n) is 19.0. The van der Waals surface area contributed by atoms with E-state index in [1.165, 1.54) is 0 Å². The summed E-state index contributed by atoms with van der Waals surface area (Å²) in [6.07, 6.45) is 2.56. The molecule has 0 aliphatic carbocycles. The van der Waals surface area contributed by atoms with E-state index in [1.54, 1.807) is 25.1 Å². The number of carbonyl (C=O) groups is 3. The summed E-state index contributed by atoms with van der Waals surface area (Å²) in [5, 5.41) is 3.48. The highest BCUT2D eigenvalue weighted by atomic mass is 16.2. The maximum absolute atomic E-state index is 13.0. The van der Waals surface area contributed by atoms with Crippen LogP contribution in [0.1, 0.15) is 54.5 Å². The lowest BCUT2D eigenvalue weighted by Crippen LogP contribution is -2.48. The van der Waals surface area contributed by atoms with Crippen LogP contribution in [0.5, 0.6) is 0 Å². The zero-order chi connectivity index (χ0) is 23.6. The molecule has 1 aromatic heterocycles. The predicted octanol–water partition coefficient (Wildman–Crippen LogP) is 3.34. The van der Waals surface area contributed by atoms with Gasteiger partial charge in [0.2, 0.25) is 0 Å². The number of carbonyl (C=O) groups excluding carboxylic acids is 3. The van der Waals surface area contributed by atoms with Gasteiger partial charge in [0.1, 0.15) is 5.54 Å². The van der Waals surface area contributed by atoms with E-state index >= 15 is 0 Å². The SMILES string of the molecule is CCc1nc2ccc(C(=O)NN3C(=O)N[C@](C)(CCc4ccccc4)C3=O)cc2nc1CC. The van der Waals surface area contributed by atoms with Crippen LogP contribution in [0.25, 0.3) is 11.0 Å². The molecule has 2 aromatic carbocycles. The van der Waals surface area contributed by atoms with Crippen molar-refractivity contribution < 1.29 is 14.4 Å². The first-order chi connectivity index (χ1) is 15.8. The van der Waals surface area contributed by atoms with E-state index in [1.807, 2.05) is 44.2 Å². The van der Waals surface area contributed by atoms with Gasteiger partial charge in [0.15, 0.2) is 0 Å². The quantitative estimate of drug-likeness (QED) is 0.543. The van der Waals surface area contributed by atoms with Gasteiger partial charge in [-0.2, -0.15) is 5.01 Å². The van der Waals surface area contributed by atoms with Crippen molar-refractivity contribution in [2.75, 3.05) is 0 Å². The first-order valence-electron chi connectivity index (χ1n) is 11.2. The number of hydrogen-bond acceptors (Lipinski definition) is 5. The van der Waals surface area contributed by atoms with Gasteiger partial charge in [-0.25, -0.2) is 14.8 Å². The summed E-state index contributed by atoms with van der Waals surface area (Å²) in [5.74, 6) is -1.05. The third kappa shape index (κ3) is 4.41. The molecule has 8 nitrogen and oxygen atoms in total. The van der Waals surface area contributed by atoms with Crippen LogP contribution >= 0.6 is 0 Å². The Morgan fingerprint density at radius 3 is 2.33 bits per heavy atom. The average Bonchev–Trinajstić information content (AvgIpc) is 3.05. The molecule has 0 unspecified atom stereocenters. The Morgan fingerprint density at radius 1 is 1.00 bits per heavy atom. The highest BCUT2D eigenvalue weighted by Gasteiger charge is 2.48. The van der Waals surface area contributed by atoms with E-state index in [4.69, 9.17) is 0 Å². The Morgan fingerprint density at radius 2 is 1.67 bits per heavy atom. The minimum absolute atomic E-state index is 0.293. The number of hydrogen-bond donors (Lipinski definition) is 2. The lowest BCUT2D eigenvalue weighted by Gasteiger charge is -2.21. The highest BCUT2D eigenvalue weighted by Crippen LogP contribution is 2.23. The van der Waals surface area contributed by atoms with Gasteiger partial charge >= 0.3 is 6.03 Å². The maximum Gasteiger partial charge on any atom is 0.344 e. The number of fused-ring (bicyclic) bond motifs is 1. The van der Waals surface area contributed by atoms with Crippen LogP contribution < -0.4 is 10.7 Å². The third-order valence-corrected chi connectivity index (χ3v) is 5.98. The maximum atomic E-state index is 13.0. The van der Waals surface area contributed by atoms with E-state index in [-0.39, 0.29) is 0 Å². The highest BCUT2D eigenvalue weighted by molar-refractivity contribution is 6.09. The molecule has 1 aliphatic heterocycles. The molecule has 4 amide bonds. The van der Waals surface area contributed by atoms with E-state index in [2.05, 4.69) is 20.7 Å². The van der Waals surface area contributed by atoms with Crippen molar-refractivity contribution in [2.24, 2.45) is 0 Å². The van der Waals surface area contributed by atoms with Crippen LogP contribution in [-0.4, -0.2) is 38.4 Å². The molecule has 8 heteroatoms. The van der Waals surface area contributed by atoms with Gasteiger partial charge in [-0.1, -0.05) is 44.2 Å². The van der Waals surface area contributed by atoms with E-state index in [0.29, 0.717) is 29.4 Å². The van der Waals surface area contributed by atoms with Gasteiger partial charge in [0.05, 0.1) is 22.4 Å². The van der Waals surface area contributed by atoms with Crippen molar-refractivity contribution in [3.63, 3.8) is 0 Å². The van der Waals surface area contributed by atoms with Crippen LogP contribution in [0.15, 0.2) is 48.5 Å². The molecule has 0 radical (unpaired) electrons. The van der Waals surface area contributed by atoms with Gasteiger partial charge in [0.25, 0.3) is 11.8 Å². The summed E-state index contributed by atoms with van der Waals surface area (Å²) < 4.78 is 0. The number of aromatic nitrogens is 2. The standard InChI is InChI=1S/C25H27N5O3/c1-4-18-19(5-2)27-21-15-17(11-12-20(21)26-18)22(31)29-30-23(32)25(3,28-24(30)33)14-13-16-9-7-6-8-10-16/h6-12,15H,4-5,13-14H2,1-3H3,(H,28,33)(H,29,31)/t25-/m1/s1. The molecule has 3 aromatic rings. The van der Waals surface area contributed by atoms with E-state index in [9.17, 15) is 14.4 Å². The molecule has 1 aliphatic rings. The smallest absolute Gasteiger partial charge is 0.322 e. The molecular weight excluding hydrogens is 418 g/mol. The molecule has 0 saturated carbocycles. The fourth-order valence-electron chi connectivity index (χ4n) is 4.00. The van der Waals surface area contributed by atoms with Gasteiger partial charge in [-0.05, 0) is 56.4 Å². The lowest BCUT2D eigenvalue weighted by atomic mass is 9.93. The van der Waals surface area contributed by atoms with Crippen LogP contribution in [0, 0.1) is 0 Å². The molecular formula is C25H27N5O3. The lowest BCUT2D eigenvalue weighted by molar-refractivity contribution is -0.132. The summed E-state index contributed by atoms with van der Waals surface area (Å²) in [5.41, 5.74) is 5.85. The van der Waals surface area contributed by atoms with Gasteiger partial charge in [-0.15, -0.1) is 0 Å². The third-order valence-electron chi connectivity index (χ3n) is 5.98. The number of imide groups is 1. The second-order valence-corrected chi connectivity index (χ2v) is 8.36. The molecule has 1 saturated heterocycles. The van der Waals surface area contributed by atoms with E-state index in [0.717, 1.165) is 34.8 Å². The Hall–Kier alpha value is -3.81. The molecule has 1 atom stereocenters. The molecule has 0 bridgehead atoms. The number of amides is 4. The molecule has 0 spiro atoms. The molecule has 2 N–H and O–H groups in total. The van der Waals surface area contributed by atoms with Crippen molar-refractivity contribution >= 4 is 28.9 Å². The fraction of sp³-hybridized carbons (Fsp3) is 0.320. The topological polar surface area (TPSA) is 104 Å². The number of nitrogens with zero attached hydrogens (tertiary/aromatic N) is 3. The monoisotopic (exact) mass is 445 g/mol. The van der Waals surface area contributed by atoms with Crippen LogP contribution in [0.3, 0.4) is 0 Å². The van der Waals surface area contributed by atoms with Crippen LogP contribution in [0.4, 0.5) is 4.79 Å². The zero-order valence-corrected chi connectivity index (χ0v) is 19.0. The van der Waals surface area contributed by atoms with Crippen molar-refractivity contribution in [2.45, 2.75) is 52.0 Å². The summed E-state index contributed by atoms with van der Waals surface area (Å²) in [7, 11) is 0.